The Hall–Kier alpha value is -2.86. The van der Waals surface area contributed by atoms with E-state index in [1.54, 1.807) is 0 Å². The number of carbonyl (C=O) groups excluding carboxylic acids is 2. The summed E-state index contributed by atoms with van der Waals surface area (Å²) in [4.78, 5) is 29.0. The molecule has 0 unspecified atom stereocenters. The lowest BCUT2D eigenvalue weighted by Crippen LogP contribution is -2.44. The molecule has 1 fully saturated rings. The Morgan fingerprint density at radius 2 is 1.31 bits per heavy atom. The van der Waals surface area contributed by atoms with Gasteiger partial charge in [0.15, 0.2) is 0 Å². The molecule has 1 heterocycles. The molecule has 0 radical (unpaired) electrons. The summed E-state index contributed by atoms with van der Waals surface area (Å²) in [6.45, 7) is 8.34. The molecule has 2 N–H and O–H groups in total. The van der Waals surface area contributed by atoms with Gasteiger partial charge in [0, 0.05) is 43.2 Å². The van der Waals surface area contributed by atoms with Crippen LogP contribution in [0.15, 0.2) is 48.5 Å². The molecule has 0 aromatic heterocycles. The summed E-state index contributed by atoms with van der Waals surface area (Å²) in [5.74, 6) is -0.212. The van der Waals surface area contributed by atoms with E-state index in [0.29, 0.717) is 17.3 Å². The molecular formula is C23H30N4O2. The van der Waals surface area contributed by atoms with Crippen LogP contribution >= 0.6 is 0 Å². The maximum atomic E-state index is 12.2. The van der Waals surface area contributed by atoms with E-state index in [4.69, 9.17) is 0 Å². The Bertz CT molecular complexity index is 823. The number of anilines is 3. The molecule has 1 aliphatic heterocycles. The van der Waals surface area contributed by atoms with Crippen molar-refractivity contribution in [3.05, 3.63) is 54.1 Å². The van der Waals surface area contributed by atoms with Gasteiger partial charge in [-0.25, -0.2) is 0 Å². The zero-order chi connectivity index (χ0) is 20.8. The van der Waals surface area contributed by atoms with Crippen LogP contribution in [0.25, 0.3) is 0 Å². The van der Waals surface area contributed by atoms with Crippen LogP contribution in [0.3, 0.4) is 0 Å². The van der Waals surface area contributed by atoms with Gasteiger partial charge in [0.1, 0.15) is 6.42 Å². The van der Waals surface area contributed by atoms with Gasteiger partial charge in [0.25, 0.3) is 0 Å². The fourth-order valence-electron chi connectivity index (χ4n) is 3.33. The molecule has 29 heavy (non-hydrogen) atoms. The van der Waals surface area contributed by atoms with Crippen LogP contribution < -0.4 is 15.5 Å². The van der Waals surface area contributed by atoms with Crippen molar-refractivity contribution >= 4 is 28.9 Å². The van der Waals surface area contributed by atoms with Crippen LogP contribution in [-0.2, 0) is 9.59 Å². The fourth-order valence-corrected chi connectivity index (χ4v) is 3.33. The predicted molar refractivity (Wildman–Crippen MR) is 119 cm³/mol. The summed E-state index contributed by atoms with van der Waals surface area (Å²) < 4.78 is 0. The van der Waals surface area contributed by atoms with E-state index < -0.39 is 0 Å². The average molecular weight is 395 g/mol. The van der Waals surface area contributed by atoms with Crippen molar-refractivity contribution in [2.45, 2.75) is 26.2 Å². The number of rotatable bonds is 6. The lowest BCUT2D eigenvalue weighted by atomic mass is 10.0. The monoisotopic (exact) mass is 394 g/mol. The second kappa shape index (κ2) is 9.56. The van der Waals surface area contributed by atoms with Gasteiger partial charge in [-0.05, 0) is 54.9 Å². The molecule has 154 valence electrons. The summed E-state index contributed by atoms with van der Waals surface area (Å²) in [6.07, 6.45) is -0.216. The van der Waals surface area contributed by atoms with Crippen molar-refractivity contribution in [3.63, 3.8) is 0 Å². The van der Waals surface area contributed by atoms with Gasteiger partial charge in [0.05, 0.1) is 0 Å². The van der Waals surface area contributed by atoms with Crippen molar-refractivity contribution in [2.75, 3.05) is 48.8 Å². The smallest absolute Gasteiger partial charge is 0.233 e. The van der Waals surface area contributed by atoms with E-state index >= 15 is 0 Å². The van der Waals surface area contributed by atoms with Crippen molar-refractivity contribution in [1.29, 1.82) is 0 Å². The summed E-state index contributed by atoms with van der Waals surface area (Å²) in [5, 5.41) is 5.56. The van der Waals surface area contributed by atoms with Crippen LogP contribution in [-0.4, -0.2) is 49.9 Å². The topological polar surface area (TPSA) is 64.7 Å². The molecule has 3 rings (SSSR count). The highest BCUT2D eigenvalue weighted by Crippen LogP contribution is 2.20. The highest BCUT2D eigenvalue weighted by Gasteiger charge is 2.15. The minimum atomic E-state index is -0.325. The van der Waals surface area contributed by atoms with E-state index in [9.17, 15) is 9.59 Å². The second-order valence-electron chi connectivity index (χ2n) is 7.89. The summed E-state index contributed by atoms with van der Waals surface area (Å²) >= 11 is 0. The van der Waals surface area contributed by atoms with Crippen LogP contribution in [0.1, 0.15) is 31.7 Å². The number of likely N-dealkylation sites (N-methyl/N-ethyl adjacent to an activating group) is 1. The minimum Gasteiger partial charge on any atom is -0.369 e. The highest BCUT2D eigenvalue weighted by molar-refractivity contribution is 6.08. The van der Waals surface area contributed by atoms with Gasteiger partial charge in [0.2, 0.25) is 11.8 Å². The minimum absolute atomic E-state index is 0.216. The zero-order valence-electron chi connectivity index (χ0n) is 17.4. The highest BCUT2D eigenvalue weighted by atomic mass is 16.2. The number of nitrogens with zero attached hydrogens (tertiary/aromatic N) is 2. The number of hydrogen-bond acceptors (Lipinski definition) is 4. The molecule has 0 aliphatic carbocycles. The predicted octanol–water partition coefficient (Wildman–Crippen LogP) is 3.53. The molecule has 0 atom stereocenters. The van der Waals surface area contributed by atoms with Gasteiger partial charge in [-0.3, -0.25) is 9.59 Å². The normalized spacial score (nSPS) is 14.7. The van der Waals surface area contributed by atoms with Crippen LogP contribution in [0.2, 0.25) is 0 Å². The first-order valence-corrected chi connectivity index (χ1v) is 10.1. The Balaban J connectivity index is 1.47. The van der Waals surface area contributed by atoms with E-state index in [1.807, 2.05) is 48.5 Å². The summed E-state index contributed by atoms with van der Waals surface area (Å²) in [5.41, 5.74) is 3.75. The molecule has 2 amide bonds. The standard InChI is InChI=1S/C23H30N4O2/c1-17(2)18-4-6-19(7-5-18)24-22(28)16-23(29)25-20-8-10-21(11-9-20)27-14-12-26(3)13-15-27/h4-11,17H,12-16H2,1-3H3,(H,24,28)(H,25,29). The van der Waals surface area contributed by atoms with Crippen molar-refractivity contribution in [1.82, 2.24) is 4.90 Å². The van der Waals surface area contributed by atoms with Gasteiger partial charge >= 0.3 is 0 Å². The number of carbonyl (C=O) groups is 2. The van der Waals surface area contributed by atoms with Gasteiger partial charge in [-0.15, -0.1) is 0 Å². The Labute approximate surface area is 172 Å². The number of benzene rings is 2. The number of hydrogen-bond donors (Lipinski definition) is 2. The Morgan fingerprint density at radius 1 is 0.828 bits per heavy atom. The Kier molecular flexibility index (Phi) is 6.88. The lowest BCUT2D eigenvalue weighted by Gasteiger charge is -2.34. The van der Waals surface area contributed by atoms with Crippen molar-refractivity contribution in [3.8, 4) is 0 Å². The summed E-state index contributed by atoms with van der Waals surface area (Å²) in [6, 6.07) is 15.5. The molecule has 2 aromatic rings. The van der Waals surface area contributed by atoms with Crippen molar-refractivity contribution < 1.29 is 9.59 Å². The molecule has 1 aliphatic rings. The SMILES string of the molecule is CC(C)c1ccc(NC(=O)CC(=O)Nc2ccc(N3CCN(C)CC3)cc2)cc1. The Morgan fingerprint density at radius 3 is 1.79 bits per heavy atom. The van der Waals surface area contributed by atoms with E-state index in [0.717, 1.165) is 31.9 Å². The van der Waals surface area contributed by atoms with Crippen LogP contribution in [0.4, 0.5) is 17.1 Å². The molecule has 0 saturated carbocycles. The molecule has 2 aromatic carbocycles. The van der Waals surface area contributed by atoms with Gasteiger partial charge in [-0.1, -0.05) is 26.0 Å². The maximum absolute atomic E-state index is 12.2. The summed E-state index contributed by atoms with van der Waals surface area (Å²) in [7, 11) is 2.13. The zero-order valence-corrected chi connectivity index (χ0v) is 17.4. The molecule has 0 bridgehead atoms. The second-order valence-corrected chi connectivity index (χ2v) is 7.89. The number of piperazine rings is 1. The third-order valence-corrected chi connectivity index (χ3v) is 5.20. The first kappa shape index (κ1) is 20.9. The van der Waals surface area contributed by atoms with Crippen LogP contribution in [0, 0.1) is 0 Å². The molecular weight excluding hydrogens is 364 g/mol. The van der Waals surface area contributed by atoms with E-state index in [1.165, 1.54) is 5.56 Å². The molecule has 6 nitrogen and oxygen atoms in total. The third kappa shape index (κ3) is 6.06. The van der Waals surface area contributed by atoms with E-state index in [2.05, 4.69) is 41.3 Å². The largest absolute Gasteiger partial charge is 0.369 e. The number of amides is 2. The van der Waals surface area contributed by atoms with E-state index in [-0.39, 0.29) is 18.2 Å². The van der Waals surface area contributed by atoms with Crippen molar-refractivity contribution in [2.24, 2.45) is 0 Å². The third-order valence-electron chi connectivity index (χ3n) is 5.20. The van der Waals surface area contributed by atoms with Crippen LogP contribution in [0.5, 0.6) is 0 Å². The quantitative estimate of drug-likeness (QED) is 0.736. The van der Waals surface area contributed by atoms with Gasteiger partial charge in [-0.2, -0.15) is 0 Å². The molecule has 0 spiro atoms. The molecule has 6 heteroatoms. The molecule has 1 saturated heterocycles. The number of nitrogens with one attached hydrogen (secondary N) is 2. The maximum Gasteiger partial charge on any atom is 0.233 e. The first-order chi connectivity index (χ1) is 13.9. The average Bonchev–Trinajstić information content (AvgIpc) is 2.69. The van der Waals surface area contributed by atoms with Gasteiger partial charge < -0.3 is 20.4 Å². The lowest BCUT2D eigenvalue weighted by molar-refractivity contribution is -0.123. The fraction of sp³-hybridized carbons (Fsp3) is 0.391. The first-order valence-electron chi connectivity index (χ1n) is 10.1.